The summed E-state index contributed by atoms with van der Waals surface area (Å²) >= 11 is 0. The summed E-state index contributed by atoms with van der Waals surface area (Å²) in [6.45, 7) is 18.1. The lowest BCUT2D eigenvalue weighted by molar-refractivity contribution is 1.15. The molecule has 0 aromatic heterocycles. The van der Waals surface area contributed by atoms with Gasteiger partial charge in [0.05, 0.1) is 22.7 Å². The Hall–Kier alpha value is -6.64. The van der Waals surface area contributed by atoms with Crippen molar-refractivity contribution >= 4 is 88.0 Å². The minimum Gasteiger partial charge on any atom is -0.309 e. The normalized spacial score (nSPS) is 11.8. The van der Waals surface area contributed by atoms with Crippen LogP contribution < -0.4 is 9.80 Å². The van der Waals surface area contributed by atoms with Crippen molar-refractivity contribution in [1.29, 1.82) is 0 Å². The lowest BCUT2D eigenvalue weighted by atomic mass is 9.86. The van der Waals surface area contributed by atoms with E-state index in [1.165, 1.54) is 132 Å². The molecule has 0 N–H and O–H groups in total. The zero-order valence-corrected chi connectivity index (χ0v) is 36.2. The van der Waals surface area contributed by atoms with E-state index in [9.17, 15) is 0 Å². The first-order valence-corrected chi connectivity index (χ1v) is 21.6. The minimum atomic E-state index is 0.925. The molecule has 0 aliphatic rings. The van der Waals surface area contributed by atoms with Gasteiger partial charge in [0.25, 0.3) is 0 Å². The maximum Gasteiger partial charge on any atom is 0.0543 e. The number of aryl methyl sites for hydroxylation is 6. The van der Waals surface area contributed by atoms with Gasteiger partial charge in [-0.15, -0.1) is 0 Å². The van der Waals surface area contributed by atoms with E-state index in [1.54, 1.807) is 0 Å². The second kappa shape index (κ2) is 14.6. The molecule has 0 atom stereocenters. The standard InChI is InChI=1S/C58H52N2/c1-9-41-33-55(59(45-29-35(3)39(7)36(4)30-45)53-23-15-19-43-17-11-13-21-47(43)53)51-28-26-50-42(10-2)34-56(52-27-25-49(41)57(51)58(50)52)60(46-31-37(5)40(8)38(6)32-46)54-24-16-20-44-18-12-14-22-48(44)54/h11-34H,9-10H2,1-8H3. The van der Waals surface area contributed by atoms with E-state index in [-0.39, 0.29) is 0 Å². The van der Waals surface area contributed by atoms with Crippen LogP contribution in [0.4, 0.5) is 34.1 Å². The molecule has 0 aliphatic heterocycles. The number of nitrogens with zero attached hydrogens (tertiary/aromatic N) is 2. The van der Waals surface area contributed by atoms with E-state index in [1.807, 2.05) is 0 Å². The smallest absolute Gasteiger partial charge is 0.0543 e. The quantitative estimate of drug-likeness (QED) is 0.142. The molecule has 0 heterocycles. The molecule has 0 radical (unpaired) electrons. The Morgan fingerprint density at radius 2 is 0.683 bits per heavy atom. The highest BCUT2D eigenvalue weighted by molar-refractivity contribution is 6.29. The lowest BCUT2D eigenvalue weighted by Gasteiger charge is -2.32. The predicted molar refractivity (Wildman–Crippen MR) is 262 cm³/mol. The van der Waals surface area contributed by atoms with Crippen LogP contribution in [-0.2, 0) is 12.8 Å². The second-order valence-electron chi connectivity index (χ2n) is 17.0. The third-order valence-corrected chi connectivity index (χ3v) is 13.6. The fraction of sp³-hybridized carbons (Fsp3) is 0.172. The molecule has 294 valence electrons. The fourth-order valence-corrected chi connectivity index (χ4v) is 9.96. The predicted octanol–water partition coefficient (Wildman–Crippen LogP) is 16.8. The van der Waals surface area contributed by atoms with E-state index >= 15 is 0 Å². The van der Waals surface area contributed by atoms with Crippen molar-refractivity contribution in [3.8, 4) is 0 Å². The average molecular weight is 777 g/mol. The van der Waals surface area contributed by atoms with Gasteiger partial charge in [-0.05, 0) is 180 Å². The number of anilines is 6. The van der Waals surface area contributed by atoms with Gasteiger partial charge in [0.1, 0.15) is 0 Å². The van der Waals surface area contributed by atoms with Crippen LogP contribution in [0.25, 0.3) is 53.9 Å². The van der Waals surface area contributed by atoms with Crippen molar-refractivity contribution in [2.45, 2.75) is 68.2 Å². The molecule has 0 saturated carbocycles. The molecule has 0 saturated heterocycles. The zero-order valence-electron chi connectivity index (χ0n) is 36.2. The van der Waals surface area contributed by atoms with Gasteiger partial charge >= 0.3 is 0 Å². The molecular formula is C58H52N2. The van der Waals surface area contributed by atoms with Crippen molar-refractivity contribution in [2.75, 3.05) is 9.80 Å². The van der Waals surface area contributed by atoms with Crippen molar-refractivity contribution in [2.24, 2.45) is 0 Å². The monoisotopic (exact) mass is 776 g/mol. The molecule has 2 nitrogen and oxygen atoms in total. The molecule has 2 heteroatoms. The highest BCUT2D eigenvalue weighted by atomic mass is 15.2. The second-order valence-corrected chi connectivity index (χ2v) is 17.0. The summed E-state index contributed by atoms with van der Waals surface area (Å²) in [5.74, 6) is 0. The minimum absolute atomic E-state index is 0.925. The van der Waals surface area contributed by atoms with Gasteiger partial charge in [-0.3, -0.25) is 0 Å². The van der Waals surface area contributed by atoms with Crippen molar-refractivity contribution in [1.82, 2.24) is 0 Å². The van der Waals surface area contributed by atoms with Gasteiger partial charge in [-0.1, -0.05) is 111 Å². The molecular weight excluding hydrogens is 725 g/mol. The van der Waals surface area contributed by atoms with Gasteiger partial charge in [0.2, 0.25) is 0 Å². The van der Waals surface area contributed by atoms with E-state index in [0.29, 0.717) is 0 Å². The molecule has 60 heavy (non-hydrogen) atoms. The molecule has 0 amide bonds. The van der Waals surface area contributed by atoms with Crippen molar-refractivity contribution < 1.29 is 0 Å². The van der Waals surface area contributed by atoms with E-state index in [0.717, 1.165) is 12.8 Å². The highest BCUT2D eigenvalue weighted by Gasteiger charge is 2.26. The number of hydrogen-bond acceptors (Lipinski definition) is 2. The summed E-state index contributed by atoms with van der Waals surface area (Å²) in [6, 6.07) is 55.3. The van der Waals surface area contributed by atoms with Crippen LogP contribution in [0.2, 0.25) is 0 Å². The molecule has 0 spiro atoms. The average Bonchev–Trinajstić information content (AvgIpc) is 3.27. The first kappa shape index (κ1) is 37.6. The third-order valence-electron chi connectivity index (χ3n) is 13.6. The van der Waals surface area contributed by atoms with Crippen LogP contribution in [0.1, 0.15) is 58.4 Å². The third kappa shape index (κ3) is 5.84. The summed E-state index contributed by atoms with van der Waals surface area (Å²) < 4.78 is 0. The number of benzene rings is 10. The van der Waals surface area contributed by atoms with E-state index in [2.05, 4.69) is 211 Å². The van der Waals surface area contributed by atoms with Crippen molar-refractivity contribution in [3.05, 3.63) is 190 Å². The number of fused-ring (bicyclic) bond motifs is 2. The van der Waals surface area contributed by atoms with E-state index in [4.69, 9.17) is 0 Å². The summed E-state index contributed by atoms with van der Waals surface area (Å²) in [5, 5.41) is 12.8. The fourth-order valence-electron chi connectivity index (χ4n) is 9.96. The maximum atomic E-state index is 2.55. The summed E-state index contributed by atoms with van der Waals surface area (Å²) in [7, 11) is 0. The Balaban J connectivity index is 1.34. The Bertz CT molecular complexity index is 3030. The molecule has 0 fully saturated rings. The molecule has 10 rings (SSSR count). The van der Waals surface area contributed by atoms with Crippen molar-refractivity contribution in [3.63, 3.8) is 0 Å². The lowest BCUT2D eigenvalue weighted by Crippen LogP contribution is -2.14. The van der Waals surface area contributed by atoms with Crippen LogP contribution in [0.3, 0.4) is 0 Å². The van der Waals surface area contributed by atoms with E-state index < -0.39 is 0 Å². The Morgan fingerprint density at radius 1 is 0.333 bits per heavy atom. The molecule has 10 aromatic rings. The van der Waals surface area contributed by atoms with Gasteiger partial charge in [-0.2, -0.15) is 0 Å². The summed E-state index contributed by atoms with van der Waals surface area (Å²) in [4.78, 5) is 5.10. The largest absolute Gasteiger partial charge is 0.309 e. The van der Waals surface area contributed by atoms with Gasteiger partial charge in [0.15, 0.2) is 0 Å². The zero-order chi connectivity index (χ0) is 41.4. The first-order chi connectivity index (χ1) is 29.2. The SMILES string of the molecule is CCc1cc(N(c2cc(C)c(C)c(C)c2)c2cccc3ccccc23)c2ccc3c(CC)cc(N(c4cc(C)c(C)c(C)c4)c4cccc5ccccc45)c4ccc1c2c34. The summed E-state index contributed by atoms with van der Waals surface area (Å²) in [5.41, 5.74) is 17.8. The highest BCUT2D eigenvalue weighted by Crippen LogP contribution is 2.51. The molecule has 0 unspecified atom stereocenters. The molecule has 0 bridgehead atoms. The summed E-state index contributed by atoms with van der Waals surface area (Å²) in [6.07, 6.45) is 1.85. The van der Waals surface area contributed by atoms with Gasteiger partial charge in [-0.25, -0.2) is 0 Å². The van der Waals surface area contributed by atoms with Crippen LogP contribution in [0, 0.1) is 41.5 Å². The Kier molecular flexibility index (Phi) is 9.14. The Morgan fingerprint density at radius 3 is 1.07 bits per heavy atom. The molecule has 10 aromatic carbocycles. The van der Waals surface area contributed by atoms with Crippen LogP contribution >= 0.6 is 0 Å². The van der Waals surface area contributed by atoms with Crippen LogP contribution in [-0.4, -0.2) is 0 Å². The van der Waals surface area contributed by atoms with Gasteiger partial charge < -0.3 is 9.80 Å². The maximum absolute atomic E-state index is 2.55. The van der Waals surface area contributed by atoms with Crippen LogP contribution in [0.5, 0.6) is 0 Å². The van der Waals surface area contributed by atoms with Crippen LogP contribution in [0.15, 0.2) is 146 Å². The number of hydrogen-bond donors (Lipinski definition) is 0. The number of rotatable bonds is 8. The Labute approximate surface area is 354 Å². The first-order valence-electron chi connectivity index (χ1n) is 21.6. The molecule has 0 aliphatic carbocycles. The topological polar surface area (TPSA) is 6.48 Å². The van der Waals surface area contributed by atoms with Gasteiger partial charge in [0, 0.05) is 32.9 Å².